The largest absolute Gasteiger partial charge is 0.454 e. The molecule has 2 heterocycles. The Morgan fingerprint density at radius 3 is 2.91 bits per heavy atom. The highest BCUT2D eigenvalue weighted by atomic mass is 32.2. The molecule has 1 aliphatic heterocycles. The third-order valence-corrected chi connectivity index (χ3v) is 4.79. The average molecular weight is 339 g/mol. The zero-order valence-electron chi connectivity index (χ0n) is 12.5. The molecule has 1 aromatic carbocycles. The number of sulfonamides is 1. The lowest BCUT2D eigenvalue weighted by Crippen LogP contribution is -2.26. The fourth-order valence-electron chi connectivity index (χ4n) is 2.22. The molecule has 0 saturated carbocycles. The van der Waals surface area contributed by atoms with Crippen molar-refractivity contribution in [2.24, 2.45) is 7.05 Å². The van der Waals surface area contributed by atoms with Gasteiger partial charge in [-0.3, -0.25) is 0 Å². The van der Waals surface area contributed by atoms with Crippen molar-refractivity contribution in [2.45, 2.75) is 17.6 Å². The van der Waals surface area contributed by atoms with Crippen LogP contribution >= 0.6 is 0 Å². The van der Waals surface area contributed by atoms with Gasteiger partial charge in [-0.05, 0) is 24.1 Å². The van der Waals surface area contributed by atoms with Gasteiger partial charge in [0.1, 0.15) is 0 Å². The predicted octanol–water partition coefficient (Wildman–Crippen LogP) is 0.551. The maximum atomic E-state index is 12.0. The number of hydrogen-bond donors (Lipinski definition) is 2. The fourth-order valence-corrected chi connectivity index (χ4v) is 3.24. The molecule has 0 unspecified atom stereocenters. The van der Waals surface area contributed by atoms with Crippen LogP contribution in [0.1, 0.15) is 18.1 Å². The van der Waals surface area contributed by atoms with E-state index in [9.17, 15) is 13.5 Å². The number of nitrogens with zero attached hydrogens (tertiary/aromatic N) is 2. The minimum absolute atomic E-state index is 0.0439. The summed E-state index contributed by atoms with van der Waals surface area (Å²) in [7, 11) is -1.97. The number of rotatable bonds is 6. The van der Waals surface area contributed by atoms with Crippen molar-refractivity contribution >= 4 is 10.0 Å². The molecule has 1 aliphatic rings. The quantitative estimate of drug-likeness (QED) is 0.797. The number of aryl methyl sites for hydroxylation is 1. The average Bonchev–Trinajstić information content (AvgIpc) is 3.14. The normalized spacial score (nSPS) is 14.9. The van der Waals surface area contributed by atoms with Gasteiger partial charge < -0.3 is 19.1 Å². The Hall–Kier alpha value is -2.10. The molecule has 0 radical (unpaired) electrons. The second-order valence-electron chi connectivity index (χ2n) is 5.19. The van der Waals surface area contributed by atoms with Gasteiger partial charge in [-0.15, -0.1) is 0 Å². The molecule has 0 saturated heterocycles. The summed E-state index contributed by atoms with van der Waals surface area (Å²) in [5.41, 5.74) is 0.645. The number of aromatic nitrogens is 2. The number of hydrogen-bond acceptors (Lipinski definition) is 6. The first-order valence-corrected chi connectivity index (χ1v) is 8.49. The van der Waals surface area contributed by atoms with Gasteiger partial charge in [0.2, 0.25) is 6.79 Å². The van der Waals surface area contributed by atoms with E-state index in [1.807, 2.05) is 0 Å². The second kappa shape index (κ2) is 6.19. The monoisotopic (exact) mass is 339 g/mol. The molecule has 1 atom stereocenters. The van der Waals surface area contributed by atoms with Gasteiger partial charge in [0.05, 0.1) is 12.4 Å². The van der Waals surface area contributed by atoms with Crippen LogP contribution in [0.15, 0.2) is 35.7 Å². The van der Waals surface area contributed by atoms with Crippen LogP contribution in [0.2, 0.25) is 0 Å². The third-order valence-electron chi connectivity index (χ3n) is 3.45. The highest BCUT2D eigenvalue weighted by molar-refractivity contribution is 7.89. The lowest BCUT2D eigenvalue weighted by Gasteiger charge is -2.12. The Kier molecular flexibility index (Phi) is 4.24. The zero-order chi connectivity index (χ0) is 16.4. The minimum atomic E-state index is -3.66. The number of fused-ring (bicyclic) bond motifs is 1. The van der Waals surface area contributed by atoms with Crippen molar-refractivity contribution in [3.63, 3.8) is 0 Å². The first-order valence-electron chi connectivity index (χ1n) is 7.01. The summed E-state index contributed by atoms with van der Waals surface area (Å²) in [5.74, 6) is 1.22. The first kappa shape index (κ1) is 15.8. The molecule has 2 aromatic rings. The molecule has 23 heavy (non-hydrogen) atoms. The van der Waals surface area contributed by atoms with E-state index in [-0.39, 0.29) is 24.8 Å². The van der Waals surface area contributed by atoms with E-state index < -0.39 is 16.1 Å². The molecular formula is C14H17N3O5S. The van der Waals surface area contributed by atoms with Gasteiger partial charge in [0.25, 0.3) is 10.0 Å². The second-order valence-corrected chi connectivity index (χ2v) is 6.91. The van der Waals surface area contributed by atoms with E-state index in [4.69, 9.17) is 9.47 Å². The van der Waals surface area contributed by atoms with Crippen LogP contribution in [0, 0.1) is 0 Å². The molecule has 0 aliphatic carbocycles. The summed E-state index contributed by atoms with van der Waals surface area (Å²) in [6.07, 6.45) is 2.24. The smallest absolute Gasteiger partial charge is 0.259 e. The molecular weight excluding hydrogens is 322 g/mol. The van der Waals surface area contributed by atoms with Crippen molar-refractivity contribution < 1.29 is 23.0 Å². The molecule has 3 rings (SSSR count). The SMILES string of the molecule is Cn1cnc(S(=O)(=O)NCC[C@@H](O)c2ccc3c(c2)OCO3)c1. The molecule has 8 nitrogen and oxygen atoms in total. The van der Waals surface area contributed by atoms with E-state index in [1.54, 1.807) is 29.8 Å². The van der Waals surface area contributed by atoms with Gasteiger partial charge in [0.15, 0.2) is 16.5 Å². The van der Waals surface area contributed by atoms with Crippen LogP contribution in [0.4, 0.5) is 0 Å². The number of aliphatic hydroxyl groups is 1. The summed E-state index contributed by atoms with van der Waals surface area (Å²) in [6.45, 7) is 0.257. The Labute approximate surface area is 133 Å². The summed E-state index contributed by atoms with van der Waals surface area (Å²) in [5, 5.41) is 10.1. The molecule has 1 aromatic heterocycles. The van der Waals surface area contributed by atoms with Crippen molar-refractivity contribution in [2.75, 3.05) is 13.3 Å². The Morgan fingerprint density at radius 1 is 1.39 bits per heavy atom. The van der Waals surface area contributed by atoms with Crippen molar-refractivity contribution in [1.29, 1.82) is 0 Å². The molecule has 0 amide bonds. The van der Waals surface area contributed by atoms with Crippen LogP contribution in [0.3, 0.4) is 0 Å². The van der Waals surface area contributed by atoms with E-state index in [2.05, 4.69) is 9.71 Å². The van der Waals surface area contributed by atoms with Gasteiger partial charge in [-0.25, -0.2) is 18.1 Å². The number of imidazole rings is 1. The van der Waals surface area contributed by atoms with Crippen LogP contribution in [-0.2, 0) is 17.1 Å². The van der Waals surface area contributed by atoms with Crippen molar-refractivity contribution in [1.82, 2.24) is 14.3 Å². The van der Waals surface area contributed by atoms with Gasteiger partial charge in [0, 0.05) is 19.8 Å². The highest BCUT2D eigenvalue weighted by Gasteiger charge is 2.19. The predicted molar refractivity (Wildman–Crippen MR) is 80.5 cm³/mol. The van der Waals surface area contributed by atoms with Crippen LogP contribution in [0.5, 0.6) is 11.5 Å². The number of nitrogens with one attached hydrogen (secondary N) is 1. The third kappa shape index (κ3) is 3.46. The van der Waals surface area contributed by atoms with Crippen LogP contribution in [0.25, 0.3) is 0 Å². The summed E-state index contributed by atoms with van der Waals surface area (Å²) in [4.78, 5) is 3.80. The van der Waals surface area contributed by atoms with Crippen molar-refractivity contribution in [3.8, 4) is 11.5 Å². The van der Waals surface area contributed by atoms with Gasteiger partial charge in [-0.2, -0.15) is 0 Å². The van der Waals surface area contributed by atoms with Crippen molar-refractivity contribution in [3.05, 3.63) is 36.3 Å². The lowest BCUT2D eigenvalue weighted by molar-refractivity contribution is 0.166. The van der Waals surface area contributed by atoms with Crippen LogP contribution < -0.4 is 14.2 Å². The number of ether oxygens (including phenoxy) is 2. The van der Waals surface area contributed by atoms with E-state index in [0.717, 1.165) is 0 Å². The lowest BCUT2D eigenvalue weighted by atomic mass is 10.1. The Bertz CT molecular complexity index is 802. The topological polar surface area (TPSA) is 103 Å². The molecule has 124 valence electrons. The minimum Gasteiger partial charge on any atom is -0.454 e. The maximum Gasteiger partial charge on any atom is 0.259 e. The molecule has 0 fully saturated rings. The van der Waals surface area contributed by atoms with E-state index >= 15 is 0 Å². The molecule has 9 heteroatoms. The Morgan fingerprint density at radius 2 is 2.17 bits per heavy atom. The summed E-state index contributed by atoms with van der Waals surface area (Å²) < 4.78 is 38.5. The Balaban J connectivity index is 1.58. The maximum absolute atomic E-state index is 12.0. The number of aliphatic hydroxyl groups excluding tert-OH is 1. The summed E-state index contributed by atoms with van der Waals surface area (Å²) >= 11 is 0. The molecule has 0 bridgehead atoms. The van der Waals surface area contributed by atoms with E-state index in [1.165, 1.54) is 12.5 Å². The first-order chi connectivity index (χ1) is 11.0. The van der Waals surface area contributed by atoms with E-state index in [0.29, 0.717) is 17.1 Å². The standard InChI is InChI=1S/C14H17N3O5S/c1-17-7-14(15-8-17)23(19,20)16-5-4-11(18)10-2-3-12-13(6-10)22-9-21-12/h2-3,6-8,11,16,18H,4-5,9H2,1H3/t11-/m1/s1. The highest BCUT2D eigenvalue weighted by Crippen LogP contribution is 2.34. The zero-order valence-corrected chi connectivity index (χ0v) is 13.3. The summed E-state index contributed by atoms with van der Waals surface area (Å²) in [6, 6.07) is 5.14. The fraction of sp³-hybridized carbons (Fsp3) is 0.357. The molecule has 2 N–H and O–H groups in total. The van der Waals surface area contributed by atoms with Crippen LogP contribution in [-0.4, -0.2) is 36.4 Å². The number of benzene rings is 1. The van der Waals surface area contributed by atoms with Gasteiger partial charge >= 0.3 is 0 Å². The van der Waals surface area contributed by atoms with Gasteiger partial charge in [-0.1, -0.05) is 6.07 Å². The molecule has 0 spiro atoms.